The first-order valence-electron chi connectivity index (χ1n) is 7.87. The van der Waals surface area contributed by atoms with Gasteiger partial charge in [-0.1, -0.05) is 6.08 Å². The van der Waals surface area contributed by atoms with Gasteiger partial charge in [-0.15, -0.1) is 0 Å². The van der Waals surface area contributed by atoms with Crippen LogP contribution in [0.2, 0.25) is 0 Å². The van der Waals surface area contributed by atoms with E-state index in [1.807, 2.05) is 18.2 Å². The topological polar surface area (TPSA) is 87.1 Å². The first kappa shape index (κ1) is 15.5. The second-order valence-electron chi connectivity index (χ2n) is 5.73. The molecule has 2 N–H and O–H groups in total. The SMILES string of the molecule is O=C(NC[C@H]1CCCN(C/C=C/c2ccco2)C1)c1ncn[nH]1. The summed E-state index contributed by atoms with van der Waals surface area (Å²) in [5.74, 6) is 1.40. The van der Waals surface area contributed by atoms with E-state index in [-0.39, 0.29) is 11.7 Å². The van der Waals surface area contributed by atoms with Crippen molar-refractivity contribution >= 4 is 12.0 Å². The van der Waals surface area contributed by atoms with Crippen LogP contribution in [0, 0.1) is 5.92 Å². The van der Waals surface area contributed by atoms with Crippen molar-refractivity contribution in [3.05, 3.63) is 42.4 Å². The van der Waals surface area contributed by atoms with Gasteiger partial charge < -0.3 is 9.73 Å². The van der Waals surface area contributed by atoms with E-state index in [4.69, 9.17) is 4.42 Å². The van der Waals surface area contributed by atoms with E-state index in [1.54, 1.807) is 6.26 Å². The number of carbonyl (C=O) groups is 1. The lowest BCUT2D eigenvalue weighted by molar-refractivity contribution is 0.0925. The number of nitrogens with zero attached hydrogens (tertiary/aromatic N) is 3. The summed E-state index contributed by atoms with van der Waals surface area (Å²) >= 11 is 0. The second-order valence-corrected chi connectivity index (χ2v) is 5.73. The third kappa shape index (κ3) is 4.53. The lowest BCUT2D eigenvalue weighted by atomic mass is 9.98. The molecule has 23 heavy (non-hydrogen) atoms. The molecule has 3 heterocycles. The molecule has 7 heteroatoms. The largest absolute Gasteiger partial charge is 0.465 e. The van der Waals surface area contributed by atoms with Gasteiger partial charge in [-0.25, -0.2) is 4.98 Å². The summed E-state index contributed by atoms with van der Waals surface area (Å²) in [6.45, 7) is 3.64. The molecule has 0 bridgehead atoms. The minimum atomic E-state index is -0.197. The molecule has 0 spiro atoms. The summed E-state index contributed by atoms with van der Waals surface area (Å²) < 4.78 is 5.28. The second kappa shape index (κ2) is 7.73. The molecule has 0 saturated carbocycles. The molecular weight excluding hydrogens is 294 g/mol. The number of carbonyl (C=O) groups excluding carboxylic acids is 1. The van der Waals surface area contributed by atoms with Crippen LogP contribution in [0.25, 0.3) is 6.08 Å². The molecule has 3 rings (SSSR count). The summed E-state index contributed by atoms with van der Waals surface area (Å²) in [7, 11) is 0. The summed E-state index contributed by atoms with van der Waals surface area (Å²) in [5.41, 5.74) is 0. The molecule has 1 aliphatic heterocycles. The lowest BCUT2D eigenvalue weighted by Crippen LogP contribution is -2.41. The van der Waals surface area contributed by atoms with Crippen LogP contribution >= 0.6 is 0 Å². The summed E-state index contributed by atoms with van der Waals surface area (Å²) in [6, 6.07) is 3.82. The Labute approximate surface area is 134 Å². The molecule has 7 nitrogen and oxygen atoms in total. The molecule has 0 aromatic carbocycles. The predicted molar refractivity (Wildman–Crippen MR) is 85.6 cm³/mol. The number of H-pyrrole nitrogens is 1. The normalized spacial score (nSPS) is 19.2. The number of likely N-dealkylation sites (tertiary alicyclic amines) is 1. The fourth-order valence-electron chi connectivity index (χ4n) is 2.82. The number of nitrogens with one attached hydrogen (secondary N) is 2. The fourth-order valence-corrected chi connectivity index (χ4v) is 2.82. The Morgan fingerprint density at radius 3 is 3.30 bits per heavy atom. The van der Waals surface area contributed by atoms with Crippen LogP contribution in [-0.4, -0.2) is 52.2 Å². The molecular formula is C16H21N5O2. The molecule has 0 aliphatic carbocycles. The van der Waals surface area contributed by atoms with E-state index in [1.165, 1.54) is 6.33 Å². The first-order valence-corrected chi connectivity index (χ1v) is 7.87. The monoisotopic (exact) mass is 315 g/mol. The maximum Gasteiger partial charge on any atom is 0.288 e. The van der Waals surface area contributed by atoms with Crippen LogP contribution in [0.4, 0.5) is 0 Å². The van der Waals surface area contributed by atoms with Crippen LogP contribution in [0.3, 0.4) is 0 Å². The number of hydrogen-bond acceptors (Lipinski definition) is 5. The third-order valence-corrected chi connectivity index (χ3v) is 3.97. The number of hydrogen-bond donors (Lipinski definition) is 2. The average molecular weight is 315 g/mol. The highest BCUT2D eigenvalue weighted by Crippen LogP contribution is 2.16. The van der Waals surface area contributed by atoms with Crippen molar-refractivity contribution in [2.75, 3.05) is 26.2 Å². The zero-order chi connectivity index (χ0) is 15.9. The Balaban J connectivity index is 1.42. The predicted octanol–water partition coefficient (Wildman–Crippen LogP) is 1.55. The number of furan rings is 1. The average Bonchev–Trinajstić information content (AvgIpc) is 3.26. The van der Waals surface area contributed by atoms with Gasteiger partial charge in [0.05, 0.1) is 6.26 Å². The standard InChI is InChI=1S/C16H21N5O2/c22-16(15-18-12-19-20-15)17-10-13-4-1-7-21(11-13)8-2-5-14-6-3-9-23-14/h2-3,5-6,9,12-13H,1,4,7-8,10-11H2,(H,17,22)(H,18,19,20)/b5-2+/t13-/m1/s1. The summed E-state index contributed by atoms with van der Waals surface area (Å²) in [6.07, 6.45) is 9.41. The van der Waals surface area contributed by atoms with E-state index < -0.39 is 0 Å². The zero-order valence-corrected chi connectivity index (χ0v) is 12.9. The highest BCUT2D eigenvalue weighted by Gasteiger charge is 2.20. The molecule has 1 atom stereocenters. The maximum atomic E-state index is 11.9. The van der Waals surface area contributed by atoms with Crippen molar-refractivity contribution in [3.8, 4) is 0 Å². The van der Waals surface area contributed by atoms with Gasteiger partial charge in [0, 0.05) is 19.6 Å². The number of aromatic nitrogens is 3. The van der Waals surface area contributed by atoms with Crippen LogP contribution in [0.5, 0.6) is 0 Å². The molecule has 0 unspecified atom stereocenters. The van der Waals surface area contributed by atoms with E-state index in [9.17, 15) is 4.79 Å². The number of piperidine rings is 1. The van der Waals surface area contributed by atoms with Gasteiger partial charge in [-0.2, -0.15) is 5.10 Å². The van der Waals surface area contributed by atoms with E-state index in [0.717, 1.165) is 38.2 Å². The number of rotatable bonds is 6. The molecule has 1 saturated heterocycles. The summed E-state index contributed by atoms with van der Waals surface area (Å²) in [4.78, 5) is 18.1. The molecule has 1 fully saturated rings. The first-order chi connectivity index (χ1) is 11.3. The Morgan fingerprint density at radius 1 is 1.57 bits per heavy atom. The molecule has 2 aromatic heterocycles. The molecule has 1 amide bonds. The Kier molecular flexibility index (Phi) is 5.21. The van der Waals surface area contributed by atoms with E-state index >= 15 is 0 Å². The van der Waals surface area contributed by atoms with E-state index in [0.29, 0.717) is 12.5 Å². The summed E-state index contributed by atoms with van der Waals surface area (Å²) in [5, 5.41) is 9.18. The minimum Gasteiger partial charge on any atom is -0.465 e. The Bertz CT molecular complexity index is 621. The molecule has 0 radical (unpaired) electrons. The van der Waals surface area contributed by atoms with Crippen molar-refractivity contribution in [1.29, 1.82) is 0 Å². The highest BCUT2D eigenvalue weighted by atomic mass is 16.3. The molecule has 122 valence electrons. The lowest BCUT2D eigenvalue weighted by Gasteiger charge is -2.31. The number of aromatic amines is 1. The maximum absolute atomic E-state index is 11.9. The smallest absolute Gasteiger partial charge is 0.288 e. The molecule has 1 aliphatic rings. The fraction of sp³-hybridized carbons (Fsp3) is 0.438. The van der Waals surface area contributed by atoms with Crippen molar-refractivity contribution < 1.29 is 9.21 Å². The van der Waals surface area contributed by atoms with Crippen LogP contribution < -0.4 is 5.32 Å². The minimum absolute atomic E-state index is 0.197. The van der Waals surface area contributed by atoms with Crippen molar-refractivity contribution in [2.45, 2.75) is 12.8 Å². The van der Waals surface area contributed by atoms with Crippen molar-refractivity contribution in [2.24, 2.45) is 5.92 Å². The third-order valence-electron chi connectivity index (χ3n) is 3.97. The van der Waals surface area contributed by atoms with Gasteiger partial charge in [-0.3, -0.25) is 14.8 Å². The zero-order valence-electron chi connectivity index (χ0n) is 12.9. The van der Waals surface area contributed by atoms with Gasteiger partial charge in [0.25, 0.3) is 5.91 Å². The van der Waals surface area contributed by atoms with Gasteiger partial charge >= 0.3 is 0 Å². The van der Waals surface area contributed by atoms with Crippen molar-refractivity contribution in [3.63, 3.8) is 0 Å². The van der Waals surface area contributed by atoms with Gasteiger partial charge in [0.15, 0.2) is 0 Å². The Morgan fingerprint density at radius 2 is 2.52 bits per heavy atom. The molecule has 2 aromatic rings. The van der Waals surface area contributed by atoms with Crippen LogP contribution in [0.15, 0.2) is 35.2 Å². The number of amides is 1. The quantitative estimate of drug-likeness (QED) is 0.844. The van der Waals surface area contributed by atoms with Crippen molar-refractivity contribution in [1.82, 2.24) is 25.4 Å². The van der Waals surface area contributed by atoms with Gasteiger partial charge in [0.2, 0.25) is 5.82 Å². The highest BCUT2D eigenvalue weighted by molar-refractivity contribution is 5.90. The van der Waals surface area contributed by atoms with E-state index in [2.05, 4.69) is 31.5 Å². The van der Waals surface area contributed by atoms with Crippen LogP contribution in [-0.2, 0) is 0 Å². The van der Waals surface area contributed by atoms with Crippen LogP contribution in [0.1, 0.15) is 29.2 Å². The van der Waals surface area contributed by atoms with Gasteiger partial charge in [0.1, 0.15) is 12.1 Å². The van der Waals surface area contributed by atoms with Gasteiger partial charge in [-0.05, 0) is 43.5 Å². The Hall–Kier alpha value is -2.41.